The van der Waals surface area contributed by atoms with Gasteiger partial charge in [0.1, 0.15) is 22.0 Å². The Labute approximate surface area is 123 Å². The molecule has 0 aliphatic carbocycles. The van der Waals surface area contributed by atoms with Crippen molar-refractivity contribution in [1.82, 2.24) is 0 Å². The fourth-order valence-electron chi connectivity index (χ4n) is 1.59. The minimum Gasteiger partial charge on any atom is -0.477 e. The highest BCUT2D eigenvalue weighted by Gasteiger charge is 2.15. The third-order valence-corrected chi connectivity index (χ3v) is 4.61. The summed E-state index contributed by atoms with van der Waals surface area (Å²) in [7, 11) is 1.32. The van der Waals surface area contributed by atoms with Crippen LogP contribution in [0.4, 0.5) is 0 Å². The zero-order valence-corrected chi connectivity index (χ0v) is 12.5. The number of furan rings is 1. The van der Waals surface area contributed by atoms with Gasteiger partial charge in [-0.25, -0.2) is 9.59 Å². The molecule has 0 unspecified atom stereocenters. The molecule has 1 N–H and O–H groups in total. The number of hydrogen-bond donors (Lipinski definition) is 1. The molecule has 2 rings (SSSR count). The molecule has 106 valence electrons. The molecule has 7 heteroatoms. The molecule has 0 saturated carbocycles. The van der Waals surface area contributed by atoms with Crippen molar-refractivity contribution in [2.24, 2.45) is 0 Å². The largest absolute Gasteiger partial charge is 0.477 e. The highest BCUT2D eigenvalue weighted by molar-refractivity contribution is 7.98. The van der Waals surface area contributed by atoms with Crippen molar-refractivity contribution in [3.63, 3.8) is 0 Å². The number of methoxy groups -OCH3 is 1. The third kappa shape index (κ3) is 3.23. The number of esters is 1. The molecule has 0 atom stereocenters. The summed E-state index contributed by atoms with van der Waals surface area (Å²) < 4.78 is 10.1. The lowest BCUT2D eigenvalue weighted by Crippen LogP contribution is -2.00. The maximum Gasteiger partial charge on any atom is 0.345 e. The number of aromatic carboxylic acids is 1. The monoisotopic (exact) mass is 312 g/mol. The van der Waals surface area contributed by atoms with Crippen LogP contribution in [0.3, 0.4) is 0 Å². The second-order valence-corrected chi connectivity index (χ2v) is 5.87. The second kappa shape index (κ2) is 6.15. The lowest BCUT2D eigenvalue weighted by Gasteiger charge is -1.94. The summed E-state index contributed by atoms with van der Waals surface area (Å²) in [5.41, 5.74) is 0.416. The van der Waals surface area contributed by atoms with E-state index in [1.54, 1.807) is 24.4 Å². The van der Waals surface area contributed by atoms with Crippen LogP contribution >= 0.6 is 23.1 Å². The fraction of sp³-hybridized carbons (Fsp3) is 0.231. The Morgan fingerprint density at radius 1 is 1.45 bits per heavy atom. The summed E-state index contributed by atoms with van der Waals surface area (Å²) in [6.45, 7) is 1.70. The molecule has 2 aromatic heterocycles. The average molecular weight is 312 g/mol. The molecule has 0 saturated heterocycles. The summed E-state index contributed by atoms with van der Waals surface area (Å²) in [6, 6.07) is 3.27. The van der Waals surface area contributed by atoms with Crippen LogP contribution in [0.5, 0.6) is 0 Å². The van der Waals surface area contributed by atoms with Crippen LogP contribution in [0.2, 0.25) is 0 Å². The van der Waals surface area contributed by atoms with E-state index in [4.69, 9.17) is 9.52 Å². The van der Waals surface area contributed by atoms with Crippen LogP contribution in [-0.2, 0) is 10.5 Å². The molecule has 0 bridgehead atoms. The lowest BCUT2D eigenvalue weighted by atomic mass is 10.2. The van der Waals surface area contributed by atoms with Crippen molar-refractivity contribution < 1.29 is 23.8 Å². The number of carbonyl (C=O) groups is 2. The zero-order chi connectivity index (χ0) is 14.7. The number of carboxylic acid groups (broad SMARTS) is 1. The van der Waals surface area contributed by atoms with Gasteiger partial charge in [-0.3, -0.25) is 0 Å². The first-order valence-electron chi connectivity index (χ1n) is 5.63. The van der Waals surface area contributed by atoms with Gasteiger partial charge in [0.2, 0.25) is 0 Å². The van der Waals surface area contributed by atoms with Crippen LogP contribution in [0.25, 0.3) is 0 Å². The normalized spacial score (nSPS) is 10.5. The van der Waals surface area contributed by atoms with Gasteiger partial charge in [0.25, 0.3) is 0 Å². The molecule has 0 aromatic carbocycles. The number of rotatable bonds is 5. The first-order chi connectivity index (χ1) is 9.51. The third-order valence-electron chi connectivity index (χ3n) is 2.54. The van der Waals surface area contributed by atoms with E-state index in [2.05, 4.69) is 4.74 Å². The second-order valence-electron chi connectivity index (χ2n) is 3.91. The van der Waals surface area contributed by atoms with Crippen LogP contribution in [0, 0.1) is 6.92 Å². The first kappa shape index (κ1) is 14.7. The Balaban J connectivity index is 2.03. The number of aryl methyl sites for hydroxylation is 1. The summed E-state index contributed by atoms with van der Waals surface area (Å²) in [6.07, 6.45) is 0. The topological polar surface area (TPSA) is 76.7 Å². The van der Waals surface area contributed by atoms with Gasteiger partial charge in [-0.1, -0.05) is 0 Å². The van der Waals surface area contributed by atoms with E-state index in [0.717, 1.165) is 4.90 Å². The molecule has 0 fully saturated rings. The minimum absolute atomic E-state index is 0.304. The molecular weight excluding hydrogens is 300 g/mol. The molecular formula is C13H12O5S2. The summed E-state index contributed by atoms with van der Waals surface area (Å²) >= 11 is 2.64. The standard InChI is InChI=1S/C13H12O5S2/c1-7-10(13(16)17-2)3-8(18-7)5-19-9-4-11(12(14)15)20-6-9/h3-4,6H,5H2,1-2H3,(H,14,15). The summed E-state index contributed by atoms with van der Waals surface area (Å²) in [5.74, 6) is 0.336. The molecule has 0 aliphatic heterocycles. The van der Waals surface area contributed by atoms with Crippen molar-refractivity contribution in [3.8, 4) is 0 Å². The first-order valence-corrected chi connectivity index (χ1v) is 7.50. The molecule has 0 spiro atoms. The lowest BCUT2D eigenvalue weighted by molar-refractivity contribution is 0.0598. The van der Waals surface area contributed by atoms with Gasteiger partial charge < -0.3 is 14.3 Å². The highest BCUT2D eigenvalue weighted by Crippen LogP contribution is 2.29. The smallest absolute Gasteiger partial charge is 0.345 e. The van der Waals surface area contributed by atoms with Crippen molar-refractivity contribution in [2.75, 3.05) is 7.11 Å². The number of carboxylic acids is 1. The van der Waals surface area contributed by atoms with Crippen molar-refractivity contribution in [1.29, 1.82) is 0 Å². The quantitative estimate of drug-likeness (QED) is 0.673. The Kier molecular flexibility index (Phi) is 4.51. The Morgan fingerprint density at radius 2 is 2.20 bits per heavy atom. The van der Waals surface area contributed by atoms with E-state index >= 15 is 0 Å². The maximum atomic E-state index is 11.4. The fourth-order valence-corrected chi connectivity index (χ4v) is 3.34. The molecule has 0 amide bonds. The minimum atomic E-state index is -0.927. The van der Waals surface area contributed by atoms with E-state index in [1.807, 2.05) is 0 Å². The average Bonchev–Trinajstić information content (AvgIpc) is 3.02. The number of hydrogen-bond acceptors (Lipinski definition) is 6. The molecule has 2 heterocycles. The SMILES string of the molecule is COC(=O)c1cc(CSc2csc(C(=O)O)c2)oc1C. The Morgan fingerprint density at radius 3 is 2.80 bits per heavy atom. The molecule has 0 radical (unpaired) electrons. The highest BCUT2D eigenvalue weighted by atomic mass is 32.2. The van der Waals surface area contributed by atoms with Gasteiger partial charge in [0.05, 0.1) is 12.9 Å². The van der Waals surface area contributed by atoms with Crippen molar-refractivity contribution >= 4 is 35.0 Å². The Bertz CT molecular complexity index is 641. The zero-order valence-electron chi connectivity index (χ0n) is 10.8. The van der Waals surface area contributed by atoms with E-state index in [1.165, 1.54) is 30.2 Å². The molecule has 2 aromatic rings. The summed E-state index contributed by atoms with van der Waals surface area (Å²) in [5, 5.41) is 10.6. The van der Waals surface area contributed by atoms with Crippen molar-refractivity contribution in [3.05, 3.63) is 39.5 Å². The molecule has 20 heavy (non-hydrogen) atoms. The van der Waals surface area contributed by atoms with Crippen molar-refractivity contribution in [2.45, 2.75) is 17.6 Å². The van der Waals surface area contributed by atoms with Gasteiger partial charge in [-0.2, -0.15) is 0 Å². The van der Waals surface area contributed by atoms with Gasteiger partial charge in [-0.05, 0) is 19.1 Å². The van der Waals surface area contributed by atoms with E-state index < -0.39 is 11.9 Å². The van der Waals surface area contributed by atoms with E-state index in [0.29, 0.717) is 27.7 Å². The van der Waals surface area contributed by atoms with Gasteiger partial charge in [0.15, 0.2) is 0 Å². The van der Waals surface area contributed by atoms with Crippen LogP contribution < -0.4 is 0 Å². The number of thiophene rings is 1. The van der Waals surface area contributed by atoms with E-state index in [9.17, 15) is 9.59 Å². The van der Waals surface area contributed by atoms with Gasteiger partial charge in [0, 0.05) is 10.3 Å². The summed E-state index contributed by atoms with van der Waals surface area (Å²) in [4.78, 5) is 23.4. The van der Waals surface area contributed by atoms with Gasteiger partial charge >= 0.3 is 11.9 Å². The number of thioether (sulfide) groups is 1. The Hall–Kier alpha value is -1.73. The molecule has 0 aliphatic rings. The maximum absolute atomic E-state index is 11.4. The van der Waals surface area contributed by atoms with Crippen LogP contribution in [0.15, 0.2) is 26.8 Å². The number of ether oxygens (including phenoxy) is 1. The predicted octanol–water partition coefficient (Wildman–Crippen LogP) is 3.43. The van der Waals surface area contributed by atoms with Crippen LogP contribution in [-0.4, -0.2) is 24.2 Å². The predicted molar refractivity (Wildman–Crippen MR) is 75.6 cm³/mol. The van der Waals surface area contributed by atoms with E-state index in [-0.39, 0.29) is 0 Å². The molecule has 5 nitrogen and oxygen atoms in total. The van der Waals surface area contributed by atoms with Gasteiger partial charge in [-0.15, -0.1) is 23.1 Å². The number of carbonyl (C=O) groups excluding carboxylic acids is 1. The van der Waals surface area contributed by atoms with Crippen LogP contribution in [0.1, 0.15) is 31.6 Å².